The van der Waals surface area contributed by atoms with Crippen LogP contribution in [0.2, 0.25) is 0 Å². The highest BCUT2D eigenvalue weighted by Gasteiger charge is 2.07. The normalized spacial score (nSPS) is 11.0. The predicted molar refractivity (Wildman–Crippen MR) is 98.7 cm³/mol. The Morgan fingerprint density at radius 3 is 2.52 bits per heavy atom. The number of rotatable bonds is 3. The molecule has 0 atom stereocenters. The first-order valence-electron chi connectivity index (χ1n) is 7.56. The van der Waals surface area contributed by atoms with E-state index in [1.54, 1.807) is 11.3 Å². The molecule has 0 amide bonds. The summed E-state index contributed by atoms with van der Waals surface area (Å²) < 4.78 is 0. The summed E-state index contributed by atoms with van der Waals surface area (Å²) in [5.74, 6) is 0. The Morgan fingerprint density at radius 1 is 0.870 bits per heavy atom. The lowest BCUT2D eigenvalue weighted by molar-refractivity contribution is 1.15. The molecule has 2 nitrogen and oxygen atoms in total. The first-order valence-corrected chi connectivity index (χ1v) is 8.44. The van der Waals surface area contributed by atoms with Crippen molar-refractivity contribution in [1.29, 1.82) is 0 Å². The summed E-state index contributed by atoms with van der Waals surface area (Å²) in [6.07, 6.45) is 0.862. The number of aromatic nitrogens is 1. The van der Waals surface area contributed by atoms with Gasteiger partial charge in [-0.3, -0.25) is 0 Å². The highest BCUT2D eigenvalue weighted by Crippen LogP contribution is 2.26. The number of hydrogen-bond donors (Lipinski definition) is 1. The number of fused-ring (bicyclic) bond motifs is 1. The van der Waals surface area contributed by atoms with Crippen LogP contribution in [0.15, 0.2) is 72.1 Å². The number of nitrogens with two attached hydrogens (primary N) is 1. The molecular weight excluding hydrogens is 300 g/mol. The van der Waals surface area contributed by atoms with Crippen LogP contribution in [0, 0.1) is 0 Å². The van der Waals surface area contributed by atoms with Gasteiger partial charge in [0, 0.05) is 23.1 Å². The van der Waals surface area contributed by atoms with Crippen LogP contribution in [0.5, 0.6) is 0 Å². The van der Waals surface area contributed by atoms with Crippen LogP contribution >= 0.6 is 11.3 Å². The van der Waals surface area contributed by atoms with E-state index in [2.05, 4.69) is 47.8 Å². The Labute approximate surface area is 139 Å². The summed E-state index contributed by atoms with van der Waals surface area (Å²) in [6, 6.07) is 22.8. The second-order valence-corrected chi connectivity index (χ2v) is 6.51. The van der Waals surface area contributed by atoms with E-state index < -0.39 is 0 Å². The number of hydrogen-bond acceptors (Lipinski definition) is 3. The molecule has 2 N–H and O–H groups in total. The maximum absolute atomic E-state index is 5.75. The van der Waals surface area contributed by atoms with Crippen LogP contribution in [-0.2, 0) is 6.42 Å². The van der Waals surface area contributed by atoms with Crippen LogP contribution < -0.4 is 5.73 Å². The first kappa shape index (κ1) is 14.0. The summed E-state index contributed by atoms with van der Waals surface area (Å²) in [5, 5.41) is 5.83. The van der Waals surface area contributed by atoms with Crippen molar-refractivity contribution in [1.82, 2.24) is 4.98 Å². The van der Waals surface area contributed by atoms with Gasteiger partial charge in [-0.2, -0.15) is 0 Å². The van der Waals surface area contributed by atoms with Crippen molar-refractivity contribution in [3.63, 3.8) is 0 Å². The Hall–Kier alpha value is -2.65. The van der Waals surface area contributed by atoms with Crippen molar-refractivity contribution in [3.8, 4) is 11.3 Å². The quantitative estimate of drug-likeness (QED) is 0.532. The van der Waals surface area contributed by atoms with Gasteiger partial charge in [0.25, 0.3) is 0 Å². The number of nitrogen functional groups attached to an aromatic ring is 1. The van der Waals surface area contributed by atoms with Gasteiger partial charge in [-0.05, 0) is 28.5 Å². The van der Waals surface area contributed by atoms with Crippen molar-refractivity contribution in [3.05, 3.63) is 82.7 Å². The molecular formula is C20H16N2S. The second kappa shape index (κ2) is 5.86. The van der Waals surface area contributed by atoms with E-state index >= 15 is 0 Å². The first-order chi connectivity index (χ1) is 11.3. The minimum absolute atomic E-state index is 0.778. The Kier molecular flexibility index (Phi) is 3.56. The van der Waals surface area contributed by atoms with Gasteiger partial charge < -0.3 is 5.73 Å². The van der Waals surface area contributed by atoms with Gasteiger partial charge in [-0.1, -0.05) is 54.6 Å². The lowest BCUT2D eigenvalue weighted by atomic mass is 10.0. The number of nitrogens with zero attached hydrogens (tertiary/aromatic N) is 1. The van der Waals surface area contributed by atoms with E-state index in [0.29, 0.717) is 0 Å². The summed E-state index contributed by atoms with van der Waals surface area (Å²) in [4.78, 5) is 4.79. The molecule has 0 aliphatic carbocycles. The van der Waals surface area contributed by atoms with Gasteiger partial charge in [0.1, 0.15) is 0 Å². The monoisotopic (exact) mass is 316 g/mol. The van der Waals surface area contributed by atoms with Gasteiger partial charge in [0.2, 0.25) is 0 Å². The molecule has 0 saturated carbocycles. The van der Waals surface area contributed by atoms with Crippen molar-refractivity contribution in [2.24, 2.45) is 0 Å². The van der Waals surface area contributed by atoms with Crippen LogP contribution in [-0.4, -0.2) is 4.98 Å². The molecule has 3 aromatic carbocycles. The van der Waals surface area contributed by atoms with Crippen molar-refractivity contribution in [2.45, 2.75) is 6.42 Å². The van der Waals surface area contributed by atoms with Crippen LogP contribution in [0.25, 0.3) is 22.0 Å². The Morgan fingerprint density at radius 2 is 1.65 bits per heavy atom. The van der Waals surface area contributed by atoms with E-state index in [1.807, 2.05) is 24.3 Å². The topological polar surface area (TPSA) is 38.9 Å². The molecule has 3 heteroatoms. The molecule has 4 rings (SSSR count). The molecule has 1 heterocycles. The third-order valence-corrected chi connectivity index (χ3v) is 4.83. The molecule has 0 aliphatic heterocycles. The van der Waals surface area contributed by atoms with Crippen molar-refractivity contribution >= 4 is 27.8 Å². The smallest absolute Gasteiger partial charge is 0.0976 e. The van der Waals surface area contributed by atoms with E-state index in [-0.39, 0.29) is 0 Å². The summed E-state index contributed by atoms with van der Waals surface area (Å²) in [5.41, 5.74) is 9.98. The van der Waals surface area contributed by atoms with Crippen LogP contribution in [0.3, 0.4) is 0 Å². The van der Waals surface area contributed by atoms with Crippen LogP contribution in [0.1, 0.15) is 10.6 Å². The van der Waals surface area contributed by atoms with E-state index in [9.17, 15) is 0 Å². The van der Waals surface area contributed by atoms with Crippen LogP contribution in [0.4, 0.5) is 5.69 Å². The maximum atomic E-state index is 5.75. The molecule has 0 bridgehead atoms. The summed E-state index contributed by atoms with van der Waals surface area (Å²) >= 11 is 1.71. The average molecular weight is 316 g/mol. The maximum Gasteiger partial charge on any atom is 0.0976 e. The fraction of sp³-hybridized carbons (Fsp3) is 0.0500. The molecule has 0 saturated heterocycles. The molecule has 1 aromatic heterocycles. The van der Waals surface area contributed by atoms with E-state index in [4.69, 9.17) is 10.7 Å². The largest absolute Gasteiger partial charge is 0.399 e. The molecule has 0 aliphatic rings. The highest BCUT2D eigenvalue weighted by atomic mass is 32.1. The Balaban J connectivity index is 1.66. The minimum atomic E-state index is 0.778. The van der Waals surface area contributed by atoms with Gasteiger partial charge in [0.15, 0.2) is 0 Å². The third-order valence-electron chi connectivity index (χ3n) is 3.98. The third kappa shape index (κ3) is 2.83. The standard InChI is InChI=1S/C20H16N2S/c21-17-10-8-15(9-11-17)19-13-23-20(22-19)12-16-6-3-5-14-4-1-2-7-18(14)16/h1-11,13H,12,21H2. The number of anilines is 1. The number of thiazole rings is 1. The van der Waals surface area contributed by atoms with E-state index in [1.165, 1.54) is 16.3 Å². The SMILES string of the molecule is Nc1ccc(-c2csc(Cc3cccc4ccccc34)n2)cc1. The zero-order valence-corrected chi connectivity index (χ0v) is 13.4. The van der Waals surface area contributed by atoms with Gasteiger partial charge in [0.05, 0.1) is 10.7 Å². The van der Waals surface area contributed by atoms with Gasteiger partial charge >= 0.3 is 0 Å². The van der Waals surface area contributed by atoms with Crippen molar-refractivity contribution < 1.29 is 0 Å². The lowest BCUT2D eigenvalue weighted by Crippen LogP contribution is -1.90. The minimum Gasteiger partial charge on any atom is -0.399 e. The average Bonchev–Trinajstić information content (AvgIpc) is 3.04. The molecule has 0 radical (unpaired) electrons. The summed E-state index contributed by atoms with van der Waals surface area (Å²) in [6.45, 7) is 0. The fourth-order valence-electron chi connectivity index (χ4n) is 2.79. The predicted octanol–water partition coefficient (Wildman–Crippen LogP) is 5.14. The van der Waals surface area contributed by atoms with Crippen molar-refractivity contribution in [2.75, 3.05) is 5.73 Å². The van der Waals surface area contributed by atoms with Gasteiger partial charge in [-0.25, -0.2) is 4.98 Å². The van der Waals surface area contributed by atoms with Gasteiger partial charge in [-0.15, -0.1) is 11.3 Å². The van der Waals surface area contributed by atoms with E-state index in [0.717, 1.165) is 28.4 Å². The number of benzene rings is 3. The zero-order chi connectivity index (χ0) is 15.6. The molecule has 0 spiro atoms. The summed E-state index contributed by atoms with van der Waals surface area (Å²) in [7, 11) is 0. The lowest BCUT2D eigenvalue weighted by Gasteiger charge is -2.04. The zero-order valence-electron chi connectivity index (χ0n) is 12.6. The second-order valence-electron chi connectivity index (χ2n) is 5.56. The highest BCUT2D eigenvalue weighted by molar-refractivity contribution is 7.10. The molecule has 23 heavy (non-hydrogen) atoms. The molecule has 0 unspecified atom stereocenters. The Bertz CT molecular complexity index is 949. The molecule has 4 aromatic rings. The molecule has 0 fully saturated rings. The fourth-order valence-corrected chi connectivity index (χ4v) is 3.61. The molecule has 112 valence electrons.